The van der Waals surface area contributed by atoms with Gasteiger partial charge in [-0.15, -0.1) is 0 Å². The van der Waals surface area contributed by atoms with E-state index in [1.54, 1.807) is 7.11 Å². The van der Waals surface area contributed by atoms with Crippen molar-refractivity contribution in [3.05, 3.63) is 35.4 Å². The number of nitrogens with two attached hydrogens (primary N) is 1. The number of nitrogens with zero attached hydrogens (tertiary/aromatic N) is 1. The van der Waals surface area contributed by atoms with Crippen LogP contribution < -0.4 is 5.73 Å². The number of likely N-dealkylation sites (tertiary alicyclic amines) is 1. The summed E-state index contributed by atoms with van der Waals surface area (Å²) in [5.74, 6) is -1.32. The molecule has 2 fully saturated rings. The van der Waals surface area contributed by atoms with Gasteiger partial charge in [0.05, 0.1) is 18.1 Å². The summed E-state index contributed by atoms with van der Waals surface area (Å²) in [6, 6.07) is 3.17. The molecule has 1 unspecified atom stereocenters. The number of benzene rings is 1. The highest BCUT2D eigenvalue weighted by molar-refractivity contribution is 5.98. The van der Waals surface area contributed by atoms with Gasteiger partial charge in [0.2, 0.25) is 5.91 Å². The van der Waals surface area contributed by atoms with E-state index in [0.29, 0.717) is 31.3 Å². The van der Waals surface area contributed by atoms with E-state index >= 15 is 0 Å². The Hall–Kier alpha value is -1.86. The number of halogens is 2. The predicted molar refractivity (Wildman–Crippen MR) is 114 cm³/mol. The van der Waals surface area contributed by atoms with Gasteiger partial charge in [0.1, 0.15) is 11.6 Å². The molecule has 1 amide bonds. The van der Waals surface area contributed by atoms with Gasteiger partial charge in [0.15, 0.2) is 5.78 Å². The largest absolute Gasteiger partial charge is 0.384 e. The SMILES string of the molecule is COCC(C(N)=O)C1CCC(CCN2CCC(C(=O)c3ccc(F)cc3F)CC2)CC1. The van der Waals surface area contributed by atoms with Crippen LogP contribution in [0.15, 0.2) is 18.2 Å². The molecule has 0 bridgehead atoms. The topological polar surface area (TPSA) is 72.6 Å². The van der Waals surface area contributed by atoms with Crippen molar-refractivity contribution in [2.45, 2.75) is 44.9 Å². The van der Waals surface area contributed by atoms with Crippen molar-refractivity contribution in [3.8, 4) is 0 Å². The number of carbonyl (C=O) groups excluding carboxylic acids is 2. The molecule has 1 aliphatic carbocycles. The van der Waals surface area contributed by atoms with Crippen molar-refractivity contribution in [2.24, 2.45) is 29.4 Å². The second kappa shape index (κ2) is 11.1. The normalized spacial score (nSPS) is 24.1. The number of rotatable bonds is 9. The summed E-state index contributed by atoms with van der Waals surface area (Å²) in [6.07, 6.45) is 6.78. The maximum Gasteiger partial charge on any atom is 0.223 e. The summed E-state index contributed by atoms with van der Waals surface area (Å²) in [6.45, 7) is 3.05. The van der Waals surface area contributed by atoms with Crippen LogP contribution in [0.3, 0.4) is 0 Å². The molecule has 7 heteroatoms. The number of hydrogen-bond donors (Lipinski definition) is 1. The van der Waals surface area contributed by atoms with Crippen molar-refractivity contribution in [3.63, 3.8) is 0 Å². The first-order valence-electron chi connectivity index (χ1n) is 11.4. The van der Waals surface area contributed by atoms with Gasteiger partial charge in [-0.1, -0.05) is 12.8 Å². The summed E-state index contributed by atoms with van der Waals surface area (Å²) >= 11 is 0. The van der Waals surface area contributed by atoms with Crippen LogP contribution in [0, 0.1) is 35.3 Å². The Morgan fingerprint density at radius 3 is 2.39 bits per heavy atom. The van der Waals surface area contributed by atoms with Crippen molar-refractivity contribution < 1.29 is 23.1 Å². The summed E-state index contributed by atoms with van der Waals surface area (Å²) in [5.41, 5.74) is 5.54. The van der Waals surface area contributed by atoms with Crippen LogP contribution in [0.1, 0.15) is 55.3 Å². The van der Waals surface area contributed by atoms with Gasteiger partial charge < -0.3 is 15.4 Å². The van der Waals surface area contributed by atoms with Gasteiger partial charge in [-0.25, -0.2) is 8.78 Å². The first kappa shape index (κ1) is 23.8. The molecule has 1 aliphatic heterocycles. The van der Waals surface area contributed by atoms with Gasteiger partial charge in [-0.2, -0.15) is 0 Å². The number of primary amides is 1. The zero-order chi connectivity index (χ0) is 22.4. The Bertz CT molecular complexity index is 757. The Labute approximate surface area is 183 Å². The van der Waals surface area contributed by atoms with Crippen LogP contribution in [-0.2, 0) is 9.53 Å². The van der Waals surface area contributed by atoms with Crippen LogP contribution in [0.2, 0.25) is 0 Å². The first-order valence-corrected chi connectivity index (χ1v) is 11.4. The lowest BCUT2D eigenvalue weighted by atomic mass is 9.74. The summed E-state index contributed by atoms with van der Waals surface area (Å²) in [5, 5.41) is 0. The molecule has 1 saturated heterocycles. The molecule has 1 aromatic carbocycles. The predicted octanol–water partition coefficient (Wildman–Crippen LogP) is 3.80. The minimum Gasteiger partial charge on any atom is -0.384 e. The number of methoxy groups -OCH3 is 1. The Balaban J connectivity index is 1.39. The van der Waals surface area contributed by atoms with E-state index < -0.39 is 11.6 Å². The van der Waals surface area contributed by atoms with Gasteiger partial charge in [-0.05, 0) is 75.7 Å². The van der Waals surface area contributed by atoms with Crippen molar-refractivity contribution in [1.29, 1.82) is 0 Å². The molecule has 1 heterocycles. The molecule has 3 rings (SSSR count). The Morgan fingerprint density at radius 2 is 1.81 bits per heavy atom. The van der Waals surface area contributed by atoms with Gasteiger partial charge in [0, 0.05) is 19.1 Å². The van der Waals surface area contributed by atoms with E-state index in [1.807, 2.05) is 0 Å². The van der Waals surface area contributed by atoms with E-state index in [1.165, 1.54) is 6.07 Å². The minimum absolute atomic E-state index is 0.000604. The van der Waals surface area contributed by atoms with Crippen LogP contribution in [0.25, 0.3) is 0 Å². The molecular weight excluding hydrogens is 402 g/mol. The molecule has 0 aromatic heterocycles. The molecular formula is C24H34F2N2O3. The maximum absolute atomic E-state index is 13.9. The second-order valence-electron chi connectivity index (χ2n) is 9.14. The monoisotopic (exact) mass is 436 g/mol. The maximum atomic E-state index is 13.9. The average Bonchev–Trinajstić information content (AvgIpc) is 2.76. The fraction of sp³-hybridized carbons (Fsp3) is 0.667. The molecule has 1 saturated carbocycles. The number of ketones is 1. The lowest BCUT2D eigenvalue weighted by molar-refractivity contribution is -0.126. The van der Waals surface area contributed by atoms with Crippen molar-refractivity contribution in [1.82, 2.24) is 4.90 Å². The first-order chi connectivity index (χ1) is 14.9. The average molecular weight is 437 g/mol. The number of ether oxygens (including phenoxy) is 1. The quantitative estimate of drug-likeness (QED) is 0.598. The zero-order valence-electron chi connectivity index (χ0n) is 18.3. The molecule has 2 N–H and O–H groups in total. The van der Waals surface area contributed by atoms with Crippen molar-refractivity contribution >= 4 is 11.7 Å². The van der Waals surface area contributed by atoms with Crippen LogP contribution in [-0.4, -0.2) is 49.9 Å². The number of piperidine rings is 1. The molecule has 31 heavy (non-hydrogen) atoms. The molecule has 2 aliphatic rings. The second-order valence-corrected chi connectivity index (χ2v) is 9.14. The third-order valence-corrected chi connectivity index (χ3v) is 7.18. The number of hydrogen-bond acceptors (Lipinski definition) is 4. The Kier molecular flexibility index (Phi) is 8.55. The molecule has 0 radical (unpaired) electrons. The van der Waals surface area contributed by atoms with Gasteiger partial charge in [0.25, 0.3) is 0 Å². The fourth-order valence-corrected chi connectivity index (χ4v) is 5.20. The lowest BCUT2D eigenvalue weighted by Crippen LogP contribution is -2.38. The summed E-state index contributed by atoms with van der Waals surface area (Å²) < 4.78 is 32.2. The van der Waals surface area contributed by atoms with Gasteiger partial charge >= 0.3 is 0 Å². The number of amides is 1. The summed E-state index contributed by atoms with van der Waals surface area (Å²) in [7, 11) is 1.61. The number of carbonyl (C=O) groups is 2. The lowest BCUT2D eigenvalue weighted by Gasteiger charge is -2.35. The third-order valence-electron chi connectivity index (χ3n) is 7.18. The minimum atomic E-state index is -0.771. The van der Waals surface area contributed by atoms with Gasteiger partial charge in [-0.3, -0.25) is 9.59 Å². The van der Waals surface area contributed by atoms with E-state index in [2.05, 4.69) is 4.90 Å². The Morgan fingerprint density at radius 1 is 1.13 bits per heavy atom. The van der Waals surface area contributed by atoms with E-state index in [-0.39, 0.29) is 29.1 Å². The highest BCUT2D eigenvalue weighted by atomic mass is 19.1. The zero-order valence-corrected chi connectivity index (χ0v) is 18.3. The molecule has 172 valence electrons. The van der Waals surface area contributed by atoms with Crippen LogP contribution in [0.4, 0.5) is 8.78 Å². The van der Waals surface area contributed by atoms with E-state index in [4.69, 9.17) is 10.5 Å². The summed E-state index contributed by atoms with van der Waals surface area (Å²) in [4.78, 5) is 26.7. The van der Waals surface area contributed by atoms with E-state index in [0.717, 1.165) is 63.9 Å². The molecule has 5 nitrogen and oxygen atoms in total. The highest BCUT2D eigenvalue weighted by Crippen LogP contribution is 2.35. The van der Waals surface area contributed by atoms with E-state index in [9.17, 15) is 18.4 Å². The highest BCUT2D eigenvalue weighted by Gasteiger charge is 2.32. The fourth-order valence-electron chi connectivity index (χ4n) is 5.20. The smallest absolute Gasteiger partial charge is 0.223 e. The van der Waals surface area contributed by atoms with Crippen molar-refractivity contribution in [2.75, 3.05) is 33.4 Å². The molecule has 1 atom stereocenters. The molecule has 0 spiro atoms. The standard InChI is InChI=1S/C24H34F2N2O3/c1-31-15-21(24(27)30)17-4-2-16(3-5-17)8-11-28-12-9-18(10-13-28)23(29)20-7-6-19(25)14-22(20)26/h6-7,14,16-18,21H,2-5,8-13,15H2,1H3,(H2,27,30). The number of Topliss-reactive ketones (excluding diaryl/α,β-unsaturated/α-hetero) is 1. The van der Waals surface area contributed by atoms with Crippen LogP contribution >= 0.6 is 0 Å². The molecule has 1 aromatic rings. The third kappa shape index (κ3) is 6.32. The van der Waals surface area contributed by atoms with Crippen LogP contribution in [0.5, 0.6) is 0 Å².